The number of amides is 2. The molecule has 1 atom stereocenters. The standard InChI is InChI=1S/C12H18N4O3/c1-4-10-13-5-9(6-14-10)15-12(19)16(3)7-8(2)11(17)18/h5-6,8H,4,7H2,1-3H3,(H,15,19)(H,17,18). The quantitative estimate of drug-likeness (QED) is 0.835. The Hall–Kier alpha value is -2.18. The van der Waals surface area contributed by atoms with Crippen LogP contribution in [0.5, 0.6) is 0 Å². The number of aliphatic carboxylic acids is 1. The third kappa shape index (κ3) is 4.53. The third-order valence-corrected chi connectivity index (χ3v) is 2.59. The largest absolute Gasteiger partial charge is 0.481 e. The lowest BCUT2D eigenvalue weighted by molar-refractivity contribution is -0.141. The van der Waals surface area contributed by atoms with Gasteiger partial charge in [-0.25, -0.2) is 14.8 Å². The highest BCUT2D eigenvalue weighted by molar-refractivity contribution is 5.89. The van der Waals surface area contributed by atoms with E-state index < -0.39 is 11.9 Å². The van der Waals surface area contributed by atoms with Gasteiger partial charge in [-0.05, 0) is 0 Å². The van der Waals surface area contributed by atoms with Crippen molar-refractivity contribution in [3.8, 4) is 0 Å². The number of urea groups is 1. The van der Waals surface area contributed by atoms with E-state index in [1.807, 2.05) is 6.92 Å². The summed E-state index contributed by atoms with van der Waals surface area (Å²) >= 11 is 0. The lowest BCUT2D eigenvalue weighted by Gasteiger charge is -2.19. The molecule has 0 radical (unpaired) electrons. The summed E-state index contributed by atoms with van der Waals surface area (Å²) in [5.74, 6) is -0.851. The van der Waals surface area contributed by atoms with Crippen LogP contribution in [-0.2, 0) is 11.2 Å². The van der Waals surface area contributed by atoms with E-state index in [4.69, 9.17) is 5.11 Å². The molecule has 0 aliphatic rings. The second-order valence-corrected chi connectivity index (χ2v) is 4.29. The molecule has 1 unspecified atom stereocenters. The summed E-state index contributed by atoms with van der Waals surface area (Å²) in [7, 11) is 1.54. The fraction of sp³-hybridized carbons (Fsp3) is 0.500. The first kappa shape index (κ1) is 14.9. The lowest BCUT2D eigenvalue weighted by Crippen LogP contribution is -2.36. The smallest absolute Gasteiger partial charge is 0.321 e. The molecule has 1 aromatic rings. The van der Waals surface area contributed by atoms with Crippen molar-refractivity contribution >= 4 is 17.7 Å². The molecule has 1 heterocycles. The number of aromatic nitrogens is 2. The molecule has 0 saturated heterocycles. The Morgan fingerprint density at radius 3 is 2.47 bits per heavy atom. The topological polar surface area (TPSA) is 95.4 Å². The number of carbonyl (C=O) groups excluding carboxylic acids is 1. The van der Waals surface area contributed by atoms with Gasteiger partial charge in [-0.1, -0.05) is 13.8 Å². The highest BCUT2D eigenvalue weighted by Gasteiger charge is 2.17. The minimum atomic E-state index is -0.935. The molecule has 1 rings (SSSR count). The average molecular weight is 266 g/mol. The number of nitrogens with zero attached hydrogens (tertiary/aromatic N) is 3. The van der Waals surface area contributed by atoms with E-state index in [2.05, 4.69) is 15.3 Å². The molecule has 0 spiro atoms. The Kier molecular flexibility index (Phi) is 5.23. The van der Waals surface area contributed by atoms with Crippen LogP contribution in [0.1, 0.15) is 19.7 Å². The monoisotopic (exact) mass is 266 g/mol. The van der Waals surface area contributed by atoms with Gasteiger partial charge in [0.25, 0.3) is 0 Å². The van der Waals surface area contributed by atoms with Crippen molar-refractivity contribution in [1.29, 1.82) is 0 Å². The van der Waals surface area contributed by atoms with E-state index in [0.29, 0.717) is 11.5 Å². The lowest BCUT2D eigenvalue weighted by atomic mass is 10.2. The van der Waals surface area contributed by atoms with Gasteiger partial charge in [-0.15, -0.1) is 0 Å². The fourth-order valence-electron chi connectivity index (χ4n) is 1.39. The Labute approximate surface area is 111 Å². The van der Waals surface area contributed by atoms with Crippen LogP contribution in [0.2, 0.25) is 0 Å². The number of aryl methyl sites for hydroxylation is 1. The van der Waals surface area contributed by atoms with Gasteiger partial charge in [0.1, 0.15) is 5.82 Å². The van der Waals surface area contributed by atoms with Crippen LogP contribution >= 0.6 is 0 Å². The molecule has 104 valence electrons. The van der Waals surface area contributed by atoms with E-state index in [9.17, 15) is 9.59 Å². The van der Waals surface area contributed by atoms with Gasteiger partial charge in [-0.2, -0.15) is 0 Å². The molecule has 1 aromatic heterocycles. The first-order chi connectivity index (χ1) is 8.93. The van der Waals surface area contributed by atoms with Gasteiger partial charge in [0.2, 0.25) is 0 Å². The first-order valence-corrected chi connectivity index (χ1v) is 5.99. The highest BCUT2D eigenvalue weighted by atomic mass is 16.4. The van der Waals surface area contributed by atoms with Crippen LogP contribution in [0.15, 0.2) is 12.4 Å². The number of carboxylic acids is 1. The maximum atomic E-state index is 11.8. The molecule has 2 N–H and O–H groups in total. The van der Waals surface area contributed by atoms with Gasteiger partial charge < -0.3 is 15.3 Å². The number of nitrogens with one attached hydrogen (secondary N) is 1. The van der Waals surface area contributed by atoms with Crippen LogP contribution in [0.25, 0.3) is 0 Å². The van der Waals surface area contributed by atoms with E-state index in [1.165, 1.54) is 24.3 Å². The predicted molar refractivity (Wildman–Crippen MR) is 69.9 cm³/mol. The number of carbonyl (C=O) groups is 2. The molecular formula is C12H18N4O3. The van der Waals surface area contributed by atoms with Crippen molar-refractivity contribution in [2.45, 2.75) is 20.3 Å². The van der Waals surface area contributed by atoms with Crippen molar-refractivity contribution < 1.29 is 14.7 Å². The SMILES string of the molecule is CCc1ncc(NC(=O)N(C)CC(C)C(=O)O)cn1. The molecular weight excluding hydrogens is 248 g/mol. The highest BCUT2D eigenvalue weighted by Crippen LogP contribution is 2.06. The zero-order valence-corrected chi connectivity index (χ0v) is 11.3. The maximum absolute atomic E-state index is 11.8. The summed E-state index contributed by atoms with van der Waals surface area (Å²) < 4.78 is 0. The summed E-state index contributed by atoms with van der Waals surface area (Å²) in [4.78, 5) is 31.9. The Morgan fingerprint density at radius 1 is 1.42 bits per heavy atom. The molecule has 7 nitrogen and oxygen atoms in total. The first-order valence-electron chi connectivity index (χ1n) is 5.99. The van der Waals surface area contributed by atoms with E-state index >= 15 is 0 Å². The van der Waals surface area contributed by atoms with Crippen molar-refractivity contribution in [2.75, 3.05) is 18.9 Å². The van der Waals surface area contributed by atoms with E-state index in [1.54, 1.807) is 6.92 Å². The molecule has 0 bridgehead atoms. The third-order valence-electron chi connectivity index (χ3n) is 2.59. The molecule has 0 aliphatic heterocycles. The second-order valence-electron chi connectivity index (χ2n) is 4.29. The Morgan fingerprint density at radius 2 is 2.00 bits per heavy atom. The van der Waals surface area contributed by atoms with E-state index in [0.717, 1.165) is 6.42 Å². The summed E-state index contributed by atoms with van der Waals surface area (Å²) in [5.41, 5.74) is 0.483. The molecule has 7 heteroatoms. The number of rotatable bonds is 5. The van der Waals surface area contributed by atoms with Gasteiger partial charge in [0, 0.05) is 20.0 Å². The van der Waals surface area contributed by atoms with Crippen LogP contribution < -0.4 is 5.32 Å². The summed E-state index contributed by atoms with van der Waals surface area (Å²) in [6.45, 7) is 3.62. The molecule has 19 heavy (non-hydrogen) atoms. The van der Waals surface area contributed by atoms with Crippen molar-refractivity contribution in [1.82, 2.24) is 14.9 Å². The van der Waals surface area contributed by atoms with Gasteiger partial charge in [-0.3, -0.25) is 4.79 Å². The number of hydrogen-bond donors (Lipinski definition) is 2. The van der Waals surface area contributed by atoms with E-state index in [-0.39, 0.29) is 12.6 Å². The zero-order chi connectivity index (χ0) is 14.4. The normalized spacial score (nSPS) is 11.7. The molecule has 0 fully saturated rings. The zero-order valence-electron chi connectivity index (χ0n) is 11.3. The molecule has 0 aromatic carbocycles. The second kappa shape index (κ2) is 6.67. The Balaban J connectivity index is 2.55. The predicted octanol–water partition coefficient (Wildman–Crippen LogP) is 1.22. The summed E-state index contributed by atoms with van der Waals surface area (Å²) in [5, 5.41) is 11.4. The van der Waals surface area contributed by atoms with Crippen LogP contribution in [0.4, 0.5) is 10.5 Å². The number of anilines is 1. The Bertz CT molecular complexity index is 447. The molecule has 2 amide bonds. The van der Waals surface area contributed by atoms with Gasteiger partial charge >= 0.3 is 12.0 Å². The van der Waals surface area contributed by atoms with Crippen LogP contribution in [0, 0.1) is 5.92 Å². The van der Waals surface area contributed by atoms with Crippen molar-refractivity contribution in [3.05, 3.63) is 18.2 Å². The fourth-order valence-corrected chi connectivity index (χ4v) is 1.39. The summed E-state index contributed by atoms with van der Waals surface area (Å²) in [6.07, 6.45) is 3.78. The van der Waals surface area contributed by atoms with Crippen LogP contribution in [-0.4, -0.2) is 45.6 Å². The average Bonchev–Trinajstić information content (AvgIpc) is 2.39. The maximum Gasteiger partial charge on any atom is 0.321 e. The molecule has 0 saturated carbocycles. The van der Waals surface area contributed by atoms with Crippen molar-refractivity contribution in [3.63, 3.8) is 0 Å². The summed E-state index contributed by atoms with van der Waals surface area (Å²) in [6, 6.07) is -0.388. The minimum absolute atomic E-state index is 0.134. The number of carboxylic acid groups (broad SMARTS) is 1. The number of hydrogen-bond acceptors (Lipinski definition) is 4. The molecule has 0 aliphatic carbocycles. The van der Waals surface area contributed by atoms with Crippen molar-refractivity contribution in [2.24, 2.45) is 5.92 Å². The minimum Gasteiger partial charge on any atom is -0.481 e. The van der Waals surface area contributed by atoms with Gasteiger partial charge in [0.05, 0.1) is 24.0 Å². The van der Waals surface area contributed by atoms with Crippen LogP contribution in [0.3, 0.4) is 0 Å². The van der Waals surface area contributed by atoms with Gasteiger partial charge in [0.15, 0.2) is 0 Å².